The van der Waals surface area contributed by atoms with Gasteiger partial charge in [0.1, 0.15) is 18.3 Å². The average Bonchev–Trinajstić information content (AvgIpc) is 2.85. The van der Waals surface area contributed by atoms with Crippen LogP contribution in [0.2, 0.25) is 0 Å². The molecule has 18 nitrogen and oxygen atoms in total. The number of hydrogen-bond acceptors (Lipinski definition) is 12. The number of phosphoric acid groups is 3. The van der Waals surface area contributed by atoms with Crippen molar-refractivity contribution >= 4 is 23.5 Å². The summed E-state index contributed by atoms with van der Waals surface area (Å²) in [5, 5.41) is 29.2. The minimum atomic E-state index is -5.76. The molecular formula is C10H17N2O16P3. The fraction of sp³-hybridized carbons (Fsp3) is 0.600. The normalized spacial score (nSPS) is 28.2. The summed E-state index contributed by atoms with van der Waals surface area (Å²) in [6, 6.07) is 0. The van der Waals surface area contributed by atoms with Crippen LogP contribution in [0.15, 0.2) is 15.8 Å². The molecule has 0 spiro atoms. The zero-order valence-electron chi connectivity index (χ0n) is 14.9. The monoisotopic (exact) mass is 514 g/mol. The van der Waals surface area contributed by atoms with Gasteiger partial charge in [0, 0.05) is 6.20 Å². The van der Waals surface area contributed by atoms with Crippen LogP contribution in [0.1, 0.15) is 11.8 Å². The number of nitrogens with zero attached hydrogens (tertiary/aromatic N) is 1. The topological polar surface area (TPSA) is 285 Å². The second-order valence-corrected chi connectivity index (χ2v) is 10.3. The molecule has 0 bridgehead atoms. The number of aliphatic hydroxyl groups excluding tert-OH is 3. The van der Waals surface area contributed by atoms with Gasteiger partial charge in [-0.3, -0.25) is 18.9 Å². The Morgan fingerprint density at radius 3 is 2.19 bits per heavy atom. The molecule has 6 atom stereocenters. The number of ether oxygens (including phenoxy) is 1. The molecule has 1 aromatic heterocycles. The van der Waals surface area contributed by atoms with Gasteiger partial charge < -0.3 is 39.6 Å². The molecule has 21 heteroatoms. The molecule has 178 valence electrons. The van der Waals surface area contributed by atoms with Crippen LogP contribution in [-0.4, -0.2) is 69.4 Å². The molecule has 1 aliphatic rings. The van der Waals surface area contributed by atoms with E-state index in [4.69, 9.17) is 24.5 Å². The van der Waals surface area contributed by atoms with Gasteiger partial charge in [-0.2, -0.15) is 8.62 Å². The highest BCUT2D eigenvalue weighted by molar-refractivity contribution is 7.66. The van der Waals surface area contributed by atoms with E-state index in [-0.39, 0.29) is 5.56 Å². The summed E-state index contributed by atoms with van der Waals surface area (Å²) in [4.78, 5) is 60.6. The zero-order valence-corrected chi connectivity index (χ0v) is 17.6. The minimum absolute atomic E-state index is 0.290. The van der Waals surface area contributed by atoms with Gasteiger partial charge in [0.05, 0.1) is 18.8 Å². The second kappa shape index (κ2) is 9.43. The lowest BCUT2D eigenvalue weighted by Gasteiger charge is -2.19. The van der Waals surface area contributed by atoms with Crippen molar-refractivity contribution in [3.8, 4) is 0 Å². The average molecular weight is 514 g/mol. The smallest absolute Gasteiger partial charge is 0.391 e. The van der Waals surface area contributed by atoms with Gasteiger partial charge in [-0.25, -0.2) is 18.5 Å². The van der Waals surface area contributed by atoms with Gasteiger partial charge in [0.25, 0.3) is 5.56 Å². The molecule has 2 rings (SSSR count). The quantitative estimate of drug-likeness (QED) is 0.152. The summed E-state index contributed by atoms with van der Waals surface area (Å²) in [5.41, 5.74) is -2.30. The molecule has 0 saturated carbocycles. The van der Waals surface area contributed by atoms with E-state index < -0.39 is 72.5 Å². The van der Waals surface area contributed by atoms with Crippen LogP contribution in [0, 0.1) is 0 Å². The SMILES string of the molecule is O=c1[nH]c(=O)n(C2OC(COP(=O)(O)OP(=O)(O)OP(=O)(O)O)C(O)C2O)cc1CO. The first kappa shape index (κ1) is 26.2. The molecule has 0 aliphatic carbocycles. The predicted molar refractivity (Wildman–Crippen MR) is 93.0 cm³/mol. The van der Waals surface area contributed by atoms with Gasteiger partial charge in [-0.1, -0.05) is 0 Å². The Balaban J connectivity index is 2.12. The number of aromatic amines is 1. The Kier molecular flexibility index (Phi) is 7.96. The maximum atomic E-state index is 11.9. The summed E-state index contributed by atoms with van der Waals surface area (Å²) in [6.45, 7) is -1.88. The number of H-pyrrole nitrogens is 1. The fourth-order valence-corrected chi connectivity index (χ4v) is 5.43. The maximum Gasteiger partial charge on any atom is 0.490 e. The Morgan fingerprint density at radius 2 is 1.65 bits per heavy atom. The summed E-state index contributed by atoms with van der Waals surface area (Å²) in [6.07, 6.45) is -6.15. The van der Waals surface area contributed by atoms with Crippen molar-refractivity contribution in [2.75, 3.05) is 6.61 Å². The van der Waals surface area contributed by atoms with Crippen molar-refractivity contribution in [2.24, 2.45) is 0 Å². The molecule has 31 heavy (non-hydrogen) atoms. The van der Waals surface area contributed by atoms with E-state index in [1.165, 1.54) is 0 Å². The number of rotatable bonds is 9. The van der Waals surface area contributed by atoms with Gasteiger partial charge in [0.15, 0.2) is 6.23 Å². The lowest BCUT2D eigenvalue weighted by Crippen LogP contribution is -2.39. The van der Waals surface area contributed by atoms with Crippen LogP contribution in [0.25, 0.3) is 0 Å². The van der Waals surface area contributed by atoms with E-state index in [2.05, 4.69) is 13.1 Å². The number of nitrogens with one attached hydrogen (secondary N) is 1. The molecule has 2 heterocycles. The molecule has 1 aromatic rings. The Labute approximate surface area is 170 Å². The van der Waals surface area contributed by atoms with Crippen molar-refractivity contribution in [2.45, 2.75) is 31.1 Å². The van der Waals surface area contributed by atoms with Crippen LogP contribution in [0.3, 0.4) is 0 Å². The third kappa shape index (κ3) is 6.95. The van der Waals surface area contributed by atoms with E-state index in [1.807, 2.05) is 4.98 Å². The van der Waals surface area contributed by atoms with Crippen molar-refractivity contribution in [1.82, 2.24) is 9.55 Å². The van der Waals surface area contributed by atoms with Crippen molar-refractivity contribution in [3.05, 3.63) is 32.6 Å². The Bertz CT molecular complexity index is 1060. The summed E-state index contributed by atoms with van der Waals surface area (Å²) < 4.78 is 50.6. The van der Waals surface area contributed by atoms with Crippen LogP contribution in [-0.2, 0) is 38.2 Å². The predicted octanol–water partition coefficient (Wildman–Crippen LogP) is -3.01. The highest BCUT2D eigenvalue weighted by Crippen LogP contribution is 2.66. The number of aromatic nitrogens is 2. The summed E-state index contributed by atoms with van der Waals surface area (Å²) in [7, 11) is -16.9. The summed E-state index contributed by atoms with van der Waals surface area (Å²) >= 11 is 0. The molecule has 0 aromatic carbocycles. The highest BCUT2D eigenvalue weighted by Gasteiger charge is 2.46. The van der Waals surface area contributed by atoms with Crippen LogP contribution >= 0.6 is 23.5 Å². The van der Waals surface area contributed by atoms with Crippen molar-refractivity contribution < 1.29 is 66.5 Å². The van der Waals surface area contributed by atoms with E-state index in [1.54, 1.807) is 0 Å². The fourth-order valence-electron chi connectivity index (χ4n) is 2.40. The van der Waals surface area contributed by atoms with Gasteiger partial charge >= 0.3 is 29.2 Å². The largest absolute Gasteiger partial charge is 0.490 e. The van der Waals surface area contributed by atoms with Crippen molar-refractivity contribution in [3.63, 3.8) is 0 Å². The third-order valence-electron chi connectivity index (χ3n) is 3.64. The number of aliphatic hydroxyl groups is 3. The van der Waals surface area contributed by atoms with Gasteiger partial charge in [-0.05, 0) is 0 Å². The molecule has 1 fully saturated rings. The molecule has 1 saturated heterocycles. The van der Waals surface area contributed by atoms with E-state index in [0.717, 1.165) is 6.20 Å². The van der Waals surface area contributed by atoms with E-state index >= 15 is 0 Å². The van der Waals surface area contributed by atoms with Crippen LogP contribution in [0.4, 0.5) is 0 Å². The first-order valence-electron chi connectivity index (χ1n) is 7.80. The van der Waals surface area contributed by atoms with Crippen molar-refractivity contribution in [1.29, 1.82) is 0 Å². The summed E-state index contributed by atoms with van der Waals surface area (Å²) in [5.74, 6) is 0. The minimum Gasteiger partial charge on any atom is -0.391 e. The molecule has 1 aliphatic heterocycles. The number of hydrogen-bond donors (Lipinski definition) is 8. The lowest BCUT2D eigenvalue weighted by atomic mass is 10.1. The van der Waals surface area contributed by atoms with E-state index in [0.29, 0.717) is 4.57 Å². The maximum absolute atomic E-state index is 11.9. The Morgan fingerprint density at radius 1 is 1.03 bits per heavy atom. The second-order valence-electron chi connectivity index (χ2n) is 5.91. The van der Waals surface area contributed by atoms with Crippen LogP contribution < -0.4 is 11.2 Å². The Hall–Kier alpha value is -1.07. The molecular weight excluding hydrogens is 497 g/mol. The van der Waals surface area contributed by atoms with Gasteiger partial charge in [0.2, 0.25) is 0 Å². The lowest BCUT2D eigenvalue weighted by molar-refractivity contribution is -0.0544. The standard InChI is InChI=1S/C10H17N2O16P3/c13-2-4-1-12(10(17)11-8(4)16)9-7(15)6(14)5(26-9)3-25-30(21,22)28-31(23,24)27-29(18,19)20/h1,5-7,9,13-15H,2-3H2,(H,21,22)(H,23,24)(H,11,16,17)(H2,18,19,20). The molecule has 6 unspecified atom stereocenters. The van der Waals surface area contributed by atoms with E-state index in [9.17, 15) is 38.4 Å². The number of phosphoric ester groups is 1. The first-order chi connectivity index (χ1) is 14.1. The van der Waals surface area contributed by atoms with Crippen LogP contribution in [0.5, 0.6) is 0 Å². The molecule has 0 radical (unpaired) electrons. The zero-order chi connectivity index (χ0) is 23.8. The molecule has 0 amide bonds. The molecule has 8 N–H and O–H groups in total. The highest BCUT2D eigenvalue weighted by atomic mass is 31.3. The third-order valence-corrected chi connectivity index (χ3v) is 7.44. The van der Waals surface area contributed by atoms with Gasteiger partial charge in [-0.15, -0.1) is 0 Å². The first-order valence-corrected chi connectivity index (χ1v) is 12.3.